The Labute approximate surface area is 117 Å². The molecule has 1 aromatic rings. The fraction of sp³-hybridized carbons (Fsp3) is 0.562. The highest BCUT2D eigenvalue weighted by Crippen LogP contribution is 2.64. The van der Waals surface area contributed by atoms with Crippen LogP contribution in [0.3, 0.4) is 0 Å². The molecule has 5 rings (SSSR count). The second-order valence-corrected chi connectivity index (χ2v) is 6.37. The number of ether oxygens (including phenoxy) is 2. The van der Waals surface area contributed by atoms with Gasteiger partial charge in [-0.25, -0.2) is 0 Å². The van der Waals surface area contributed by atoms with Gasteiger partial charge in [0.2, 0.25) is 0 Å². The van der Waals surface area contributed by atoms with Gasteiger partial charge in [-0.15, -0.1) is 0 Å². The molecule has 1 aromatic carbocycles. The first-order valence-corrected chi connectivity index (χ1v) is 7.17. The zero-order chi connectivity index (χ0) is 14.0. The smallest absolute Gasteiger partial charge is 0.310 e. The van der Waals surface area contributed by atoms with Crippen molar-refractivity contribution in [3.05, 3.63) is 35.4 Å². The molecule has 106 valence electrons. The molecular weight excluding hydrogens is 256 g/mol. The molecule has 0 aromatic heterocycles. The molecule has 0 radical (unpaired) electrons. The van der Waals surface area contributed by atoms with Gasteiger partial charge in [-0.3, -0.25) is 4.79 Å². The maximum absolute atomic E-state index is 11.8. The molecule has 4 aliphatic rings. The Hall–Kier alpha value is -1.39. The predicted octanol–water partition coefficient (Wildman–Crippen LogP) is 2.50. The Morgan fingerprint density at radius 1 is 1.15 bits per heavy atom. The second-order valence-electron chi connectivity index (χ2n) is 6.37. The van der Waals surface area contributed by atoms with Crippen molar-refractivity contribution in [1.29, 1.82) is 0 Å². The fourth-order valence-electron chi connectivity index (χ4n) is 4.35. The van der Waals surface area contributed by atoms with E-state index in [1.165, 1.54) is 11.1 Å². The van der Waals surface area contributed by atoms with Crippen molar-refractivity contribution < 1.29 is 19.4 Å². The summed E-state index contributed by atoms with van der Waals surface area (Å²) in [5, 5.41) is 9.69. The van der Waals surface area contributed by atoms with Crippen LogP contribution in [-0.2, 0) is 14.3 Å². The van der Waals surface area contributed by atoms with Crippen LogP contribution < -0.4 is 0 Å². The molecule has 4 heteroatoms. The van der Waals surface area contributed by atoms with E-state index in [9.17, 15) is 9.90 Å². The highest BCUT2D eigenvalue weighted by atomic mass is 16.7. The molecular formula is C16H18O4. The minimum atomic E-state index is -0.723. The lowest BCUT2D eigenvalue weighted by Crippen LogP contribution is -2.55. The number of benzene rings is 1. The summed E-state index contributed by atoms with van der Waals surface area (Å²) in [6, 6.07) is 8.17. The minimum absolute atomic E-state index is 0.0206. The Morgan fingerprint density at radius 3 is 2.35 bits per heavy atom. The zero-order valence-corrected chi connectivity index (χ0v) is 11.5. The molecule has 1 saturated heterocycles. The number of hydrogen-bond acceptors (Lipinski definition) is 3. The number of carboxylic acid groups (broad SMARTS) is 1. The van der Waals surface area contributed by atoms with Crippen LogP contribution in [0.5, 0.6) is 0 Å². The van der Waals surface area contributed by atoms with E-state index in [0.717, 1.165) is 0 Å². The van der Waals surface area contributed by atoms with E-state index in [2.05, 4.69) is 12.1 Å². The minimum Gasteiger partial charge on any atom is -0.481 e. The van der Waals surface area contributed by atoms with E-state index >= 15 is 0 Å². The molecule has 3 atom stereocenters. The highest BCUT2D eigenvalue weighted by Gasteiger charge is 2.63. The monoisotopic (exact) mass is 274 g/mol. The summed E-state index contributed by atoms with van der Waals surface area (Å²) in [4.78, 5) is 11.8. The summed E-state index contributed by atoms with van der Waals surface area (Å²) in [5.74, 6) is -1.32. The molecule has 20 heavy (non-hydrogen) atoms. The average molecular weight is 274 g/mol. The molecule has 2 fully saturated rings. The molecule has 1 saturated carbocycles. The van der Waals surface area contributed by atoms with Crippen LogP contribution in [0.4, 0.5) is 0 Å². The number of hydrogen-bond donors (Lipinski definition) is 1. The Balaban J connectivity index is 1.89. The molecule has 0 amide bonds. The predicted molar refractivity (Wildman–Crippen MR) is 71.5 cm³/mol. The van der Waals surface area contributed by atoms with Gasteiger partial charge in [0.15, 0.2) is 5.79 Å². The van der Waals surface area contributed by atoms with Gasteiger partial charge in [0.1, 0.15) is 0 Å². The molecule has 1 spiro atoms. The van der Waals surface area contributed by atoms with Gasteiger partial charge in [-0.05, 0) is 24.5 Å². The number of carboxylic acids is 1. The summed E-state index contributed by atoms with van der Waals surface area (Å²) in [6.07, 6.45) is 1.24. The van der Waals surface area contributed by atoms with Crippen molar-refractivity contribution in [3.63, 3.8) is 0 Å². The van der Waals surface area contributed by atoms with E-state index in [1.54, 1.807) is 0 Å². The summed E-state index contributed by atoms with van der Waals surface area (Å²) in [6.45, 7) is 3.08. The highest BCUT2D eigenvalue weighted by molar-refractivity contribution is 5.77. The number of aliphatic carboxylic acids is 1. The Kier molecular flexibility index (Phi) is 2.37. The standard InChI is InChI=1S/C16H18O4/c1-15(14(17)18)8-13-11-5-3-2-4-10(11)12(15)9-16(13)19-6-7-20-16/h2-5,12-13H,6-9H2,1H3,(H,17,18)/t12?,13-,15+/m0/s1. The lowest BCUT2D eigenvalue weighted by molar-refractivity contribution is -0.220. The molecule has 1 heterocycles. The normalized spacial score (nSPS) is 37.0. The van der Waals surface area contributed by atoms with Crippen molar-refractivity contribution in [2.24, 2.45) is 5.41 Å². The van der Waals surface area contributed by atoms with Gasteiger partial charge in [-0.1, -0.05) is 24.3 Å². The summed E-state index contributed by atoms with van der Waals surface area (Å²) < 4.78 is 11.9. The van der Waals surface area contributed by atoms with E-state index in [0.29, 0.717) is 26.1 Å². The largest absolute Gasteiger partial charge is 0.481 e. The van der Waals surface area contributed by atoms with Crippen LogP contribution in [0.25, 0.3) is 0 Å². The molecule has 1 N–H and O–H groups in total. The molecule has 4 nitrogen and oxygen atoms in total. The average Bonchev–Trinajstić information content (AvgIpc) is 2.90. The lowest BCUT2D eigenvalue weighted by atomic mass is 9.52. The maximum Gasteiger partial charge on any atom is 0.310 e. The topological polar surface area (TPSA) is 55.8 Å². The Bertz CT molecular complexity index is 576. The van der Waals surface area contributed by atoms with Crippen LogP contribution >= 0.6 is 0 Å². The van der Waals surface area contributed by atoms with Crippen molar-refractivity contribution in [2.45, 2.75) is 37.4 Å². The summed E-state index contributed by atoms with van der Waals surface area (Å²) in [5.41, 5.74) is 1.65. The third-order valence-corrected chi connectivity index (χ3v) is 5.43. The maximum atomic E-state index is 11.8. The summed E-state index contributed by atoms with van der Waals surface area (Å²) in [7, 11) is 0. The van der Waals surface area contributed by atoms with Crippen molar-refractivity contribution in [3.8, 4) is 0 Å². The van der Waals surface area contributed by atoms with E-state index in [1.807, 2.05) is 19.1 Å². The molecule has 1 aliphatic heterocycles. The second kappa shape index (κ2) is 3.83. The van der Waals surface area contributed by atoms with Gasteiger partial charge < -0.3 is 14.6 Å². The first-order chi connectivity index (χ1) is 9.57. The molecule has 3 aliphatic carbocycles. The number of fused-ring (bicyclic) bond motifs is 1. The zero-order valence-electron chi connectivity index (χ0n) is 11.5. The van der Waals surface area contributed by atoms with Crippen LogP contribution in [-0.4, -0.2) is 30.1 Å². The number of rotatable bonds is 1. The van der Waals surface area contributed by atoms with E-state index in [4.69, 9.17) is 9.47 Å². The summed E-state index contributed by atoms with van der Waals surface area (Å²) >= 11 is 0. The van der Waals surface area contributed by atoms with Crippen LogP contribution in [0.1, 0.15) is 42.7 Å². The van der Waals surface area contributed by atoms with Crippen molar-refractivity contribution >= 4 is 5.97 Å². The molecule has 2 bridgehead atoms. The van der Waals surface area contributed by atoms with Crippen LogP contribution in [0.2, 0.25) is 0 Å². The third-order valence-electron chi connectivity index (χ3n) is 5.43. The fourth-order valence-corrected chi connectivity index (χ4v) is 4.35. The first kappa shape index (κ1) is 12.4. The first-order valence-electron chi connectivity index (χ1n) is 7.17. The van der Waals surface area contributed by atoms with Crippen LogP contribution in [0, 0.1) is 5.41 Å². The van der Waals surface area contributed by atoms with Crippen molar-refractivity contribution in [2.75, 3.05) is 13.2 Å². The van der Waals surface area contributed by atoms with E-state index in [-0.39, 0.29) is 11.8 Å². The third kappa shape index (κ3) is 1.36. The van der Waals surface area contributed by atoms with Gasteiger partial charge in [0.25, 0.3) is 0 Å². The van der Waals surface area contributed by atoms with Gasteiger partial charge in [-0.2, -0.15) is 0 Å². The van der Waals surface area contributed by atoms with Gasteiger partial charge in [0.05, 0.1) is 18.6 Å². The van der Waals surface area contributed by atoms with Crippen LogP contribution in [0.15, 0.2) is 24.3 Å². The van der Waals surface area contributed by atoms with Gasteiger partial charge in [0, 0.05) is 18.3 Å². The van der Waals surface area contributed by atoms with E-state index < -0.39 is 17.2 Å². The quantitative estimate of drug-likeness (QED) is 0.855. The van der Waals surface area contributed by atoms with Crippen molar-refractivity contribution in [1.82, 2.24) is 0 Å². The SMILES string of the molecule is C[C@@]1(C(=O)O)C[C@H]2c3ccccc3C1CC21OCCO1. The molecule has 1 unspecified atom stereocenters. The van der Waals surface area contributed by atoms with Gasteiger partial charge >= 0.3 is 5.97 Å². The lowest BCUT2D eigenvalue weighted by Gasteiger charge is -2.55. The number of carbonyl (C=O) groups is 1. The Morgan fingerprint density at radius 2 is 1.75 bits per heavy atom.